The van der Waals surface area contributed by atoms with Crippen molar-refractivity contribution in [3.05, 3.63) is 47.4 Å². The Morgan fingerprint density at radius 2 is 2.04 bits per heavy atom. The van der Waals surface area contributed by atoms with E-state index in [-0.39, 0.29) is 29.7 Å². The van der Waals surface area contributed by atoms with Gasteiger partial charge < -0.3 is 14.6 Å². The number of carbonyl (C=O) groups excluding carboxylic acids is 1. The van der Waals surface area contributed by atoms with Crippen molar-refractivity contribution in [1.29, 1.82) is 0 Å². The maximum atomic E-state index is 13.6. The lowest BCUT2D eigenvalue weighted by atomic mass is 9.80. The second-order valence-electron chi connectivity index (χ2n) is 6.04. The summed E-state index contributed by atoms with van der Waals surface area (Å²) in [6, 6.07) is 5.17. The highest BCUT2D eigenvalue weighted by Crippen LogP contribution is 2.40. The van der Waals surface area contributed by atoms with Gasteiger partial charge in [-0.05, 0) is 31.9 Å². The molecule has 1 aromatic carbocycles. The molecule has 1 aromatic heterocycles. The number of benzene rings is 1. The van der Waals surface area contributed by atoms with Crippen LogP contribution >= 0.6 is 0 Å². The molecule has 1 atom stereocenters. The van der Waals surface area contributed by atoms with Crippen LogP contribution in [0.1, 0.15) is 50.1 Å². The zero-order valence-electron chi connectivity index (χ0n) is 13.4. The van der Waals surface area contributed by atoms with Crippen LogP contribution < -0.4 is 10.1 Å². The quantitative estimate of drug-likeness (QED) is 0.908. The van der Waals surface area contributed by atoms with Crippen LogP contribution in [0.25, 0.3) is 0 Å². The summed E-state index contributed by atoms with van der Waals surface area (Å²) in [5, 5.41) is 6.73. The third-order valence-electron chi connectivity index (χ3n) is 4.11. The molecule has 1 fully saturated rings. The number of amides is 1. The molecule has 0 saturated heterocycles. The number of para-hydroxylation sites is 1. The molecule has 1 amide bonds. The molecule has 7 heteroatoms. The van der Waals surface area contributed by atoms with Crippen molar-refractivity contribution in [1.82, 2.24) is 10.5 Å². The van der Waals surface area contributed by atoms with E-state index in [1.165, 1.54) is 25.1 Å². The zero-order chi connectivity index (χ0) is 17.3. The molecule has 128 valence electrons. The number of rotatable bonds is 5. The predicted octanol–water partition coefficient (Wildman–Crippen LogP) is 3.47. The van der Waals surface area contributed by atoms with Gasteiger partial charge in [0.25, 0.3) is 0 Å². The molecule has 0 aliphatic heterocycles. The minimum atomic E-state index is -0.702. The standard InChI is InChI=1S/C17H18F2N2O3/c1-9(20-10(2)22)16-8-15(21-24-16)11-6-12(7-11)23-17-13(18)4-3-5-14(17)19/h3-5,8-9,11-12H,6-7H2,1-2H3,(H,20,22)/t9-,11?,12?/m0/s1. The van der Waals surface area contributed by atoms with Crippen molar-refractivity contribution < 1.29 is 22.8 Å². The molecule has 1 aliphatic rings. The van der Waals surface area contributed by atoms with Crippen LogP contribution in [-0.4, -0.2) is 17.2 Å². The largest absolute Gasteiger partial charge is 0.484 e. The zero-order valence-corrected chi connectivity index (χ0v) is 13.4. The highest BCUT2D eigenvalue weighted by molar-refractivity contribution is 5.73. The van der Waals surface area contributed by atoms with Crippen LogP contribution in [-0.2, 0) is 4.79 Å². The maximum absolute atomic E-state index is 13.6. The molecule has 0 bridgehead atoms. The smallest absolute Gasteiger partial charge is 0.217 e. The molecule has 24 heavy (non-hydrogen) atoms. The van der Waals surface area contributed by atoms with E-state index in [1.807, 2.05) is 0 Å². The minimum absolute atomic E-state index is 0.117. The first-order valence-electron chi connectivity index (χ1n) is 7.78. The molecule has 1 heterocycles. The molecule has 1 saturated carbocycles. The van der Waals surface area contributed by atoms with Crippen LogP contribution in [0.4, 0.5) is 8.78 Å². The van der Waals surface area contributed by atoms with Gasteiger partial charge in [0.15, 0.2) is 23.1 Å². The van der Waals surface area contributed by atoms with Gasteiger partial charge in [-0.2, -0.15) is 0 Å². The van der Waals surface area contributed by atoms with Gasteiger partial charge >= 0.3 is 0 Å². The number of ether oxygens (including phenoxy) is 1. The van der Waals surface area contributed by atoms with Crippen LogP contribution in [0.5, 0.6) is 5.75 Å². The van der Waals surface area contributed by atoms with Gasteiger partial charge in [-0.1, -0.05) is 11.2 Å². The summed E-state index contributed by atoms with van der Waals surface area (Å²) >= 11 is 0. The van der Waals surface area contributed by atoms with Crippen molar-refractivity contribution in [3.8, 4) is 5.75 Å². The Kier molecular flexibility index (Phi) is 4.51. The van der Waals surface area contributed by atoms with Crippen LogP contribution in [0.2, 0.25) is 0 Å². The summed E-state index contributed by atoms with van der Waals surface area (Å²) in [7, 11) is 0. The highest BCUT2D eigenvalue weighted by Gasteiger charge is 2.35. The molecular formula is C17H18F2N2O3. The second kappa shape index (κ2) is 6.59. The number of hydrogen-bond acceptors (Lipinski definition) is 4. The number of carbonyl (C=O) groups is 1. The Balaban J connectivity index is 1.57. The average molecular weight is 336 g/mol. The molecule has 0 spiro atoms. The van der Waals surface area contributed by atoms with E-state index in [1.54, 1.807) is 13.0 Å². The van der Waals surface area contributed by atoms with E-state index < -0.39 is 11.6 Å². The summed E-state index contributed by atoms with van der Waals surface area (Å²) in [6.07, 6.45) is 0.956. The fraction of sp³-hybridized carbons (Fsp3) is 0.412. The Morgan fingerprint density at radius 3 is 2.67 bits per heavy atom. The van der Waals surface area contributed by atoms with Gasteiger partial charge in [-0.15, -0.1) is 0 Å². The van der Waals surface area contributed by atoms with Crippen molar-refractivity contribution in [2.75, 3.05) is 0 Å². The third-order valence-corrected chi connectivity index (χ3v) is 4.11. The monoisotopic (exact) mass is 336 g/mol. The molecule has 3 rings (SSSR count). The first kappa shape index (κ1) is 16.4. The predicted molar refractivity (Wildman–Crippen MR) is 81.5 cm³/mol. The third kappa shape index (κ3) is 3.39. The first-order chi connectivity index (χ1) is 11.4. The molecular weight excluding hydrogens is 318 g/mol. The number of aromatic nitrogens is 1. The van der Waals surface area contributed by atoms with Gasteiger partial charge in [-0.25, -0.2) is 8.78 Å². The normalized spacial score (nSPS) is 21.0. The summed E-state index contributed by atoms with van der Waals surface area (Å²) < 4.78 is 37.8. The average Bonchev–Trinajstić information content (AvgIpc) is 2.93. The van der Waals surface area contributed by atoms with Gasteiger partial charge in [0, 0.05) is 18.9 Å². The Bertz CT molecular complexity index is 721. The lowest BCUT2D eigenvalue weighted by molar-refractivity contribution is -0.119. The van der Waals surface area contributed by atoms with Gasteiger partial charge in [0.05, 0.1) is 11.7 Å². The van der Waals surface area contributed by atoms with Crippen LogP contribution in [0.15, 0.2) is 28.8 Å². The number of nitrogens with zero attached hydrogens (tertiary/aromatic N) is 1. The van der Waals surface area contributed by atoms with E-state index in [0.717, 1.165) is 5.69 Å². The Morgan fingerprint density at radius 1 is 1.38 bits per heavy atom. The lowest BCUT2D eigenvalue weighted by Gasteiger charge is -2.34. The fourth-order valence-electron chi connectivity index (χ4n) is 2.74. The Hall–Kier alpha value is -2.44. The Labute approximate surface area is 138 Å². The molecule has 1 N–H and O–H groups in total. The van der Waals surface area contributed by atoms with Crippen molar-refractivity contribution >= 4 is 5.91 Å². The van der Waals surface area contributed by atoms with E-state index in [9.17, 15) is 13.6 Å². The first-order valence-corrected chi connectivity index (χ1v) is 7.78. The second-order valence-corrected chi connectivity index (χ2v) is 6.04. The summed E-state index contributed by atoms with van der Waals surface area (Å²) in [5.41, 5.74) is 0.760. The van der Waals surface area contributed by atoms with Crippen molar-refractivity contribution in [2.45, 2.75) is 44.8 Å². The van der Waals surface area contributed by atoms with Crippen LogP contribution in [0, 0.1) is 11.6 Å². The van der Waals surface area contributed by atoms with Gasteiger partial charge in [0.2, 0.25) is 5.91 Å². The lowest BCUT2D eigenvalue weighted by Crippen LogP contribution is -2.33. The summed E-state index contributed by atoms with van der Waals surface area (Å²) in [5.74, 6) is -1.19. The van der Waals surface area contributed by atoms with E-state index in [4.69, 9.17) is 9.26 Å². The SMILES string of the molecule is CC(=O)N[C@@H](C)c1cc(C2CC(Oc3c(F)cccc3F)C2)no1. The van der Waals surface area contributed by atoms with Crippen molar-refractivity contribution in [3.63, 3.8) is 0 Å². The van der Waals surface area contributed by atoms with Gasteiger partial charge in [-0.3, -0.25) is 4.79 Å². The van der Waals surface area contributed by atoms with E-state index >= 15 is 0 Å². The number of hydrogen-bond donors (Lipinski definition) is 1. The number of halogens is 2. The fourth-order valence-corrected chi connectivity index (χ4v) is 2.74. The van der Waals surface area contributed by atoms with E-state index in [0.29, 0.717) is 18.6 Å². The maximum Gasteiger partial charge on any atom is 0.217 e. The number of nitrogens with one attached hydrogen (secondary N) is 1. The van der Waals surface area contributed by atoms with Crippen molar-refractivity contribution in [2.24, 2.45) is 0 Å². The summed E-state index contributed by atoms with van der Waals surface area (Å²) in [6.45, 7) is 3.24. The summed E-state index contributed by atoms with van der Waals surface area (Å²) in [4.78, 5) is 11.1. The molecule has 0 unspecified atom stereocenters. The molecule has 2 aromatic rings. The highest BCUT2D eigenvalue weighted by atomic mass is 19.1. The van der Waals surface area contributed by atoms with Gasteiger partial charge in [0.1, 0.15) is 6.10 Å². The van der Waals surface area contributed by atoms with Crippen LogP contribution in [0.3, 0.4) is 0 Å². The van der Waals surface area contributed by atoms with E-state index in [2.05, 4.69) is 10.5 Å². The molecule has 5 nitrogen and oxygen atoms in total. The molecule has 0 radical (unpaired) electrons. The minimum Gasteiger partial charge on any atom is -0.484 e. The molecule has 1 aliphatic carbocycles. The topological polar surface area (TPSA) is 64.4 Å².